The van der Waals surface area contributed by atoms with Crippen LogP contribution in [0.25, 0.3) is 22.4 Å². The van der Waals surface area contributed by atoms with E-state index in [2.05, 4.69) is 94.7 Å². The van der Waals surface area contributed by atoms with Crippen LogP contribution in [-0.4, -0.2) is 27.8 Å². The Morgan fingerprint density at radius 2 is 1.80 bits per heavy atom. The van der Waals surface area contributed by atoms with Gasteiger partial charge in [0.05, 0.1) is 30.7 Å². The number of hydrogen-bond acceptors (Lipinski definition) is 8. The molecule has 2 aromatic carbocycles. The standard InChI is InChI=1S/C36H33N7O/c1-23-15-32(42-36-33(23)30(13-14-39-36)26-9-6-10-29(17-26)44-2)35-34-27(22-40-43-35)11-12-31(41-34)28-16-25(20-38-21-28)19-37-18-24-7-4-3-5-8-24/h3-17,20-21,23,37,40H,18-19,22H2,1-2H3,(H,39,42). The number of allylic oxidation sites excluding steroid dienone is 2. The Morgan fingerprint density at radius 1 is 0.909 bits per heavy atom. The topological polar surface area (TPSA) is 96.4 Å². The van der Waals surface area contributed by atoms with E-state index in [1.165, 1.54) is 5.56 Å². The van der Waals surface area contributed by atoms with Crippen molar-refractivity contribution in [1.29, 1.82) is 0 Å². The summed E-state index contributed by atoms with van der Waals surface area (Å²) in [6.45, 7) is 4.33. The SMILES string of the molecule is COc1cccc(-c2ccnc3c2C(C)C=C(C2=NNCc4ccc(-c5cncc(CNCc6ccccc6)c5)nc42)N3)c1. The van der Waals surface area contributed by atoms with Crippen molar-refractivity contribution in [1.82, 2.24) is 25.7 Å². The van der Waals surface area contributed by atoms with Crippen LogP contribution in [0.4, 0.5) is 5.82 Å². The number of aromatic nitrogens is 3. The molecule has 0 bridgehead atoms. The molecule has 44 heavy (non-hydrogen) atoms. The third-order valence-electron chi connectivity index (χ3n) is 8.01. The highest BCUT2D eigenvalue weighted by atomic mass is 16.5. The van der Waals surface area contributed by atoms with Crippen LogP contribution < -0.4 is 20.8 Å². The van der Waals surface area contributed by atoms with E-state index in [1.54, 1.807) is 7.11 Å². The number of nitrogens with one attached hydrogen (secondary N) is 3. The van der Waals surface area contributed by atoms with Crippen molar-refractivity contribution in [2.75, 3.05) is 12.4 Å². The highest BCUT2D eigenvalue weighted by Crippen LogP contribution is 2.39. The number of pyridine rings is 3. The molecule has 0 saturated carbocycles. The van der Waals surface area contributed by atoms with Gasteiger partial charge in [-0.05, 0) is 52.6 Å². The molecule has 7 rings (SSSR count). The molecule has 5 heterocycles. The number of rotatable bonds is 8. The summed E-state index contributed by atoms with van der Waals surface area (Å²) >= 11 is 0. The normalized spacial score (nSPS) is 15.2. The summed E-state index contributed by atoms with van der Waals surface area (Å²) in [6.07, 6.45) is 7.82. The molecular weight excluding hydrogens is 546 g/mol. The first-order chi connectivity index (χ1) is 21.7. The zero-order chi connectivity index (χ0) is 29.9. The first-order valence-electron chi connectivity index (χ1n) is 14.8. The second-order valence-electron chi connectivity index (χ2n) is 11.0. The van der Waals surface area contributed by atoms with Crippen LogP contribution >= 0.6 is 0 Å². The number of nitrogens with zero attached hydrogens (tertiary/aromatic N) is 4. The minimum absolute atomic E-state index is 0.0941. The maximum absolute atomic E-state index is 5.48. The zero-order valence-electron chi connectivity index (χ0n) is 24.7. The molecule has 1 atom stereocenters. The molecule has 0 amide bonds. The number of fused-ring (bicyclic) bond motifs is 2. The maximum Gasteiger partial charge on any atom is 0.134 e. The van der Waals surface area contributed by atoms with E-state index in [0.29, 0.717) is 6.54 Å². The lowest BCUT2D eigenvalue weighted by molar-refractivity contribution is 0.415. The summed E-state index contributed by atoms with van der Waals surface area (Å²) in [5.41, 5.74) is 14.3. The monoisotopic (exact) mass is 579 g/mol. The van der Waals surface area contributed by atoms with Gasteiger partial charge in [0.1, 0.15) is 17.3 Å². The third kappa shape index (κ3) is 5.55. The molecule has 0 radical (unpaired) electrons. The van der Waals surface area contributed by atoms with E-state index in [-0.39, 0.29) is 5.92 Å². The molecule has 2 aliphatic rings. The molecule has 0 aliphatic carbocycles. The van der Waals surface area contributed by atoms with Gasteiger partial charge in [0.15, 0.2) is 0 Å². The molecule has 2 aliphatic heterocycles. The predicted octanol–water partition coefficient (Wildman–Crippen LogP) is 6.42. The first kappa shape index (κ1) is 27.5. The fraction of sp³-hybridized carbons (Fsp3) is 0.167. The number of methoxy groups -OCH3 is 1. The van der Waals surface area contributed by atoms with Crippen LogP contribution in [0.15, 0.2) is 114 Å². The summed E-state index contributed by atoms with van der Waals surface area (Å²) in [6, 6.07) is 26.9. The van der Waals surface area contributed by atoms with Crippen molar-refractivity contribution in [2.24, 2.45) is 5.10 Å². The van der Waals surface area contributed by atoms with Crippen molar-refractivity contribution in [3.63, 3.8) is 0 Å². The largest absolute Gasteiger partial charge is 0.497 e. The van der Waals surface area contributed by atoms with Crippen LogP contribution in [0.1, 0.15) is 40.8 Å². The van der Waals surface area contributed by atoms with Crippen LogP contribution in [0.3, 0.4) is 0 Å². The lowest BCUT2D eigenvalue weighted by Crippen LogP contribution is -2.28. The van der Waals surface area contributed by atoms with Gasteiger partial charge in [0.25, 0.3) is 0 Å². The van der Waals surface area contributed by atoms with Gasteiger partial charge in [-0.15, -0.1) is 0 Å². The molecule has 0 saturated heterocycles. The summed E-state index contributed by atoms with van der Waals surface area (Å²) in [7, 11) is 1.69. The second-order valence-corrected chi connectivity index (χ2v) is 11.0. The number of anilines is 1. The molecule has 0 spiro atoms. The van der Waals surface area contributed by atoms with Gasteiger partial charge in [0.2, 0.25) is 0 Å². The smallest absolute Gasteiger partial charge is 0.134 e. The Bertz CT molecular complexity index is 1880. The summed E-state index contributed by atoms with van der Waals surface area (Å²) in [5.74, 6) is 1.74. The Morgan fingerprint density at radius 3 is 2.68 bits per heavy atom. The van der Waals surface area contributed by atoms with Gasteiger partial charge in [0, 0.05) is 54.3 Å². The molecular formula is C36H33N7O. The fourth-order valence-corrected chi connectivity index (χ4v) is 5.83. The van der Waals surface area contributed by atoms with E-state index in [0.717, 1.165) is 80.8 Å². The lowest BCUT2D eigenvalue weighted by atomic mass is 9.88. The summed E-state index contributed by atoms with van der Waals surface area (Å²) < 4.78 is 5.48. The lowest BCUT2D eigenvalue weighted by Gasteiger charge is -2.27. The Hall–Kier alpha value is -5.34. The van der Waals surface area contributed by atoms with E-state index in [9.17, 15) is 0 Å². The number of hydrogen-bond donors (Lipinski definition) is 3. The van der Waals surface area contributed by atoms with E-state index < -0.39 is 0 Å². The number of benzene rings is 2. The fourth-order valence-electron chi connectivity index (χ4n) is 5.83. The predicted molar refractivity (Wildman–Crippen MR) is 174 cm³/mol. The third-order valence-corrected chi connectivity index (χ3v) is 8.01. The van der Waals surface area contributed by atoms with Crippen molar-refractivity contribution >= 4 is 11.5 Å². The molecule has 0 fully saturated rings. The Kier molecular flexibility index (Phi) is 7.56. The highest BCUT2D eigenvalue weighted by Gasteiger charge is 2.28. The number of hydrazone groups is 1. The average Bonchev–Trinajstić information content (AvgIpc) is 3.08. The second kappa shape index (κ2) is 12.1. The molecule has 8 nitrogen and oxygen atoms in total. The van der Waals surface area contributed by atoms with Crippen molar-refractivity contribution in [2.45, 2.75) is 32.5 Å². The van der Waals surface area contributed by atoms with Gasteiger partial charge >= 0.3 is 0 Å². The quantitative estimate of drug-likeness (QED) is 0.195. The minimum atomic E-state index is 0.0941. The zero-order valence-corrected chi connectivity index (χ0v) is 24.7. The minimum Gasteiger partial charge on any atom is -0.497 e. The molecule has 3 aromatic heterocycles. The van der Waals surface area contributed by atoms with Crippen LogP contribution in [0.5, 0.6) is 5.75 Å². The molecule has 1 unspecified atom stereocenters. The summed E-state index contributed by atoms with van der Waals surface area (Å²) in [5, 5.41) is 11.8. The van der Waals surface area contributed by atoms with Crippen molar-refractivity contribution in [3.8, 4) is 28.1 Å². The van der Waals surface area contributed by atoms with E-state index >= 15 is 0 Å². The molecule has 5 aromatic rings. The van der Waals surface area contributed by atoms with Crippen molar-refractivity contribution in [3.05, 3.63) is 137 Å². The first-order valence-corrected chi connectivity index (χ1v) is 14.8. The van der Waals surface area contributed by atoms with E-state index in [1.807, 2.05) is 36.8 Å². The van der Waals surface area contributed by atoms with Gasteiger partial charge in [-0.1, -0.05) is 61.5 Å². The molecule has 218 valence electrons. The Labute approximate surface area is 257 Å². The summed E-state index contributed by atoms with van der Waals surface area (Å²) in [4.78, 5) is 14.4. The van der Waals surface area contributed by atoms with Crippen LogP contribution in [-0.2, 0) is 19.6 Å². The van der Waals surface area contributed by atoms with Gasteiger partial charge < -0.3 is 20.8 Å². The maximum atomic E-state index is 5.48. The van der Waals surface area contributed by atoms with Gasteiger partial charge in [-0.25, -0.2) is 9.97 Å². The molecule has 8 heteroatoms. The highest BCUT2D eigenvalue weighted by molar-refractivity contribution is 6.14. The van der Waals surface area contributed by atoms with Crippen LogP contribution in [0.2, 0.25) is 0 Å². The van der Waals surface area contributed by atoms with Gasteiger partial charge in [-0.3, -0.25) is 4.98 Å². The van der Waals surface area contributed by atoms with Gasteiger partial charge in [-0.2, -0.15) is 5.10 Å². The molecule has 3 N–H and O–H groups in total. The van der Waals surface area contributed by atoms with Crippen LogP contribution in [0, 0.1) is 0 Å². The average molecular weight is 580 g/mol. The van der Waals surface area contributed by atoms with E-state index in [4.69, 9.17) is 19.8 Å². The Balaban J connectivity index is 1.15. The van der Waals surface area contributed by atoms with Crippen molar-refractivity contribution < 1.29 is 4.74 Å². The number of ether oxygens (including phenoxy) is 1.